The highest BCUT2D eigenvalue weighted by molar-refractivity contribution is 9.10. The Morgan fingerprint density at radius 2 is 2.04 bits per heavy atom. The van der Waals surface area contributed by atoms with Gasteiger partial charge in [0.25, 0.3) is 0 Å². The summed E-state index contributed by atoms with van der Waals surface area (Å²) in [6.07, 6.45) is 0.427. The van der Waals surface area contributed by atoms with Crippen molar-refractivity contribution in [3.05, 3.63) is 69.8 Å². The van der Waals surface area contributed by atoms with Gasteiger partial charge in [-0.1, -0.05) is 57.6 Å². The SMILES string of the molecule is Cc1nn(-c2nc3ccc(Br)cc3s2)c2c1[C@@H](c1ccccc1)CC(=O)N2. The lowest BCUT2D eigenvalue weighted by atomic mass is 9.86. The monoisotopic (exact) mass is 438 g/mol. The molecular formula is C20H15BrN4OS. The normalized spacial score (nSPS) is 16.4. The van der Waals surface area contributed by atoms with Crippen LogP contribution in [0.1, 0.15) is 29.2 Å². The number of benzene rings is 2. The second-order valence-corrected chi connectivity index (χ2v) is 8.51. The fourth-order valence-corrected chi connectivity index (χ4v) is 5.11. The molecule has 5 nitrogen and oxygen atoms in total. The number of carbonyl (C=O) groups excluding carboxylic acids is 1. The van der Waals surface area contributed by atoms with Gasteiger partial charge in [0.05, 0.1) is 15.9 Å². The Hall–Kier alpha value is -2.51. The van der Waals surface area contributed by atoms with Crippen LogP contribution in [0.15, 0.2) is 53.0 Å². The number of fused-ring (bicyclic) bond motifs is 2. The molecule has 27 heavy (non-hydrogen) atoms. The van der Waals surface area contributed by atoms with Gasteiger partial charge in [0, 0.05) is 22.4 Å². The van der Waals surface area contributed by atoms with E-state index in [1.807, 2.05) is 43.3 Å². The van der Waals surface area contributed by atoms with E-state index in [1.54, 1.807) is 16.0 Å². The van der Waals surface area contributed by atoms with Crippen LogP contribution in [0.5, 0.6) is 0 Å². The van der Waals surface area contributed by atoms with E-state index in [1.165, 1.54) is 0 Å². The van der Waals surface area contributed by atoms with E-state index < -0.39 is 0 Å². The molecule has 7 heteroatoms. The molecule has 1 aliphatic heterocycles. The fourth-order valence-electron chi connectivity index (χ4n) is 3.63. The van der Waals surface area contributed by atoms with Crippen molar-refractivity contribution in [2.75, 3.05) is 5.32 Å². The van der Waals surface area contributed by atoms with Gasteiger partial charge in [-0.05, 0) is 30.7 Å². The molecule has 1 N–H and O–H groups in total. The fraction of sp³-hybridized carbons (Fsp3) is 0.150. The number of amides is 1. The first-order valence-electron chi connectivity index (χ1n) is 8.61. The van der Waals surface area contributed by atoms with Gasteiger partial charge in [0.15, 0.2) is 0 Å². The van der Waals surface area contributed by atoms with Gasteiger partial charge >= 0.3 is 0 Å². The van der Waals surface area contributed by atoms with Crippen molar-refractivity contribution in [1.82, 2.24) is 14.8 Å². The van der Waals surface area contributed by atoms with Crippen LogP contribution >= 0.6 is 27.3 Å². The average Bonchev–Trinajstić information content (AvgIpc) is 3.22. The maximum absolute atomic E-state index is 12.4. The minimum atomic E-state index is 0.00126. The topological polar surface area (TPSA) is 59.8 Å². The van der Waals surface area contributed by atoms with Crippen molar-refractivity contribution in [2.24, 2.45) is 0 Å². The van der Waals surface area contributed by atoms with Crippen molar-refractivity contribution in [1.29, 1.82) is 0 Å². The van der Waals surface area contributed by atoms with E-state index in [9.17, 15) is 4.79 Å². The van der Waals surface area contributed by atoms with E-state index in [4.69, 9.17) is 10.1 Å². The van der Waals surface area contributed by atoms with Gasteiger partial charge in [-0.2, -0.15) is 9.78 Å². The number of hydrogen-bond acceptors (Lipinski definition) is 4. The summed E-state index contributed by atoms with van der Waals surface area (Å²) in [6, 6.07) is 16.1. The van der Waals surface area contributed by atoms with Gasteiger partial charge < -0.3 is 5.32 Å². The second kappa shape index (κ2) is 6.28. The summed E-state index contributed by atoms with van der Waals surface area (Å²) in [6.45, 7) is 1.99. The van der Waals surface area contributed by atoms with Crippen LogP contribution in [0.4, 0.5) is 5.82 Å². The van der Waals surface area contributed by atoms with Crippen LogP contribution in [-0.4, -0.2) is 20.7 Å². The number of carbonyl (C=O) groups is 1. The lowest BCUT2D eigenvalue weighted by Gasteiger charge is -2.24. The van der Waals surface area contributed by atoms with Gasteiger partial charge in [0.1, 0.15) is 5.82 Å². The lowest BCUT2D eigenvalue weighted by molar-refractivity contribution is -0.116. The Kier molecular flexibility index (Phi) is 3.87. The number of halogens is 1. The van der Waals surface area contributed by atoms with Crippen LogP contribution in [-0.2, 0) is 4.79 Å². The molecule has 0 saturated heterocycles. The summed E-state index contributed by atoms with van der Waals surface area (Å²) in [4.78, 5) is 17.2. The maximum Gasteiger partial charge on any atom is 0.226 e. The summed E-state index contributed by atoms with van der Waals surface area (Å²) in [5.74, 6) is 0.740. The highest BCUT2D eigenvalue weighted by Gasteiger charge is 2.33. The highest BCUT2D eigenvalue weighted by Crippen LogP contribution is 2.41. The molecule has 0 spiro atoms. The zero-order valence-electron chi connectivity index (χ0n) is 14.4. The molecule has 0 radical (unpaired) electrons. The number of anilines is 1. The van der Waals surface area contributed by atoms with E-state index in [0.717, 1.165) is 42.5 Å². The van der Waals surface area contributed by atoms with E-state index in [-0.39, 0.29) is 11.8 Å². The van der Waals surface area contributed by atoms with E-state index in [2.05, 4.69) is 33.4 Å². The van der Waals surface area contributed by atoms with Crippen LogP contribution in [0.3, 0.4) is 0 Å². The van der Waals surface area contributed by atoms with Crippen LogP contribution in [0.25, 0.3) is 15.3 Å². The predicted octanol–water partition coefficient (Wildman–Crippen LogP) is 5.03. The minimum Gasteiger partial charge on any atom is -0.310 e. The Morgan fingerprint density at radius 3 is 2.85 bits per heavy atom. The van der Waals surface area contributed by atoms with Crippen molar-refractivity contribution in [3.63, 3.8) is 0 Å². The molecule has 4 aromatic rings. The molecule has 0 saturated carbocycles. The number of nitrogens with zero attached hydrogens (tertiary/aromatic N) is 3. The molecule has 1 atom stereocenters. The summed E-state index contributed by atoms with van der Waals surface area (Å²) in [5, 5.41) is 8.50. The Morgan fingerprint density at radius 1 is 1.22 bits per heavy atom. The number of hydrogen-bond donors (Lipinski definition) is 1. The van der Waals surface area contributed by atoms with Gasteiger partial charge in [0.2, 0.25) is 11.0 Å². The average molecular weight is 439 g/mol. The molecule has 2 aromatic carbocycles. The molecule has 1 amide bonds. The molecule has 0 fully saturated rings. The molecule has 1 aliphatic rings. The second-order valence-electron chi connectivity index (χ2n) is 6.58. The third kappa shape index (κ3) is 2.78. The summed E-state index contributed by atoms with van der Waals surface area (Å²) >= 11 is 5.06. The molecule has 2 aromatic heterocycles. The lowest BCUT2D eigenvalue weighted by Crippen LogP contribution is -2.24. The summed E-state index contributed by atoms with van der Waals surface area (Å²) in [5.41, 5.74) is 4.03. The third-order valence-corrected chi connectivity index (χ3v) is 6.31. The Labute approximate surface area is 168 Å². The zero-order chi connectivity index (χ0) is 18.5. The highest BCUT2D eigenvalue weighted by atomic mass is 79.9. The molecule has 0 unspecified atom stereocenters. The molecule has 3 heterocycles. The Bertz CT molecular complexity index is 1180. The zero-order valence-corrected chi connectivity index (χ0v) is 16.8. The molecule has 0 aliphatic carbocycles. The maximum atomic E-state index is 12.4. The Balaban J connectivity index is 1.68. The van der Waals surface area contributed by atoms with Crippen LogP contribution in [0, 0.1) is 6.92 Å². The van der Waals surface area contributed by atoms with Crippen molar-refractivity contribution < 1.29 is 4.79 Å². The summed E-state index contributed by atoms with van der Waals surface area (Å²) < 4.78 is 3.86. The number of aromatic nitrogens is 3. The summed E-state index contributed by atoms with van der Waals surface area (Å²) in [7, 11) is 0. The van der Waals surface area contributed by atoms with E-state index in [0.29, 0.717) is 6.42 Å². The van der Waals surface area contributed by atoms with Crippen molar-refractivity contribution >= 4 is 49.2 Å². The van der Waals surface area contributed by atoms with Crippen LogP contribution in [0.2, 0.25) is 0 Å². The van der Waals surface area contributed by atoms with E-state index >= 15 is 0 Å². The number of aryl methyl sites for hydroxylation is 1. The standard InChI is InChI=1S/C20H15BrN4OS/c1-11-18-14(12-5-3-2-4-6-12)10-17(26)23-19(18)25(24-11)20-22-15-8-7-13(21)9-16(15)27-20/h2-9,14H,10H2,1H3,(H,23,26)/t14-/m1/s1. The largest absolute Gasteiger partial charge is 0.310 e. The first-order valence-corrected chi connectivity index (χ1v) is 10.2. The number of rotatable bonds is 2. The van der Waals surface area contributed by atoms with Crippen molar-refractivity contribution in [3.8, 4) is 5.13 Å². The smallest absolute Gasteiger partial charge is 0.226 e. The molecule has 0 bridgehead atoms. The first kappa shape index (κ1) is 16.6. The molecular weight excluding hydrogens is 424 g/mol. The number of thiazole rings is 1. The molecule has 5 rings (SSSR count). The third-order valence-electron chi connectivity index (χ3n) is 4.82. The number of nitrogens with one attached hydrogen (secondary N) is 1. The van der Waals surface area contributed by atoms with Crippen LogP contribution < -0.4 is 5.32 Å². The quantitative estimate of drug-likeness (QED) is 0.477. The molecule has 134 valence electrons. The predicted molar refractivity (Wildman–Crippen MR) is 111 cm³/mol. The van der Waals surface area contributed by atoms with Gasteiger partial charge in [-0.15, -0.1) is 0 Å². The minimum absolute atomic E-state index is 0.00126. The van der Waals surface area contributed by atoms with Gasteiger partial charge in [-0.3, -0.25) is 4.79 Å². The van der Waals surface area contributed by atoms with Gasteiger partial charge in [-0.25, -0.2) is 4.98 Å². The first-order chi connectivity index (χ1) is 13.1. The van der Waals surface area contributed by atoms with Crippen molar-refractivity contribution in [2.45, 2.75) is 19.3 Å².